The number of nitrogens with two attached hydrogens (primary N) is 1. The molecule has 0 saturated carbocycles. The van der Waals surface area contributed by atoms with Crippen LogP contribution in [0, 0.1) is 0 Å². The summed E-state index contributed by atoms with van der Waals surface area (Å²) in [5, 5.41) is 2.21. The molecule has 21 heavy (non-hydrogen) atoms. The summed E-state index contributed by atoms with van der Waals surface area (Å²) >= 11 is 1.88. The maximum absolute atomic E-state index is 5.87. The van der Waals surface area contributed by atoms with Crippen LogP contribution in [-0.2, 0) is 12.8 Å². The summed E-state index contributed by atoms with van der Waals surface area (Å²) in [6.07, 6.45) is 4.62. The van der Waals surface area contributed by atoms with E-state index in [-0.39, 0.29) is 6.04 Å². The number of methoxy groups -OCH3 is 1. The molecular weight excluding hydrogens is 280 g/mol. The standard InChI is InChI=1S/C17H22N2OS/c1-20-13-5-2-4-12(10-13)11-16(19-18)14-6-3-7-17-15(14)8-9-21-17/h2,4-5,8-10,14,16,19H,3,6-7,11,18H2,1H3. The molecule has 3 rings (SSSR count). The monoisotopic (exact) mass is 302 g/mol. The number of hydrogen-bond donors (Lipinski definition) is 2. The first-order valence-corrected chi connectivity index (χ1v) is 8.35. The number of ether oxygens (including phenoxy) is 1. The van der Waals surface area contributed by atoms with E-state index in [1.54, 1.807) is 7.11 Å². The van der Waals surface area contributed by atoms with Crippen LogP contribution >= 0.6 is 11.3 Å². The van der Waals surface area contributed by atoms with Crippen molar-refractivity contribution in [2.45, 2.75) is 37.6 Å². The van der Waals surface area contributed by atoms with Crippen molar-refractivity contribution in [2.24, 2.45) is 5.84 Å². The summed E-state index contributed by atoms with van der Waals surface area (Å²) in [5.41, 5.74) is 5.81. The fourth-order valence-electron chi connectivity index (χ4n) is 3.31. The molecule has 0 amide bonds. The number of fused-ring (bicyclic) bond motifs is 1. The van der Waals surface area contributed by atoms with Gasteiger partial charge in [-0.05, 0) is 60.4 Å². The van der Waals surface area contributed by atoms with Crippen LogP contribution in [-0.4, -0.2) is 13.2 Å². The van der Waals surface area contributed by atoms with Crippen molar-refractivity contribution in [3.8, 4) is 5.75 Å². The second-order valence-electron chi connectivity index (χ2n) is 5.63. The minimum Gasteiger partial charge on any atom is -0.497 e. The maximum atomic E-state index is 5.87. The molecule has 1 heterocycles. The van der Waals surface area contributed by atoms with Crippen molar-refractivity contribution in [2.75, 3.05) is 7.11 Å². The van der Waals surface area contributed by atoms with Gasteiger partial charge < -0.3 is 4.74 Å². The first kappa shape index (κ1) is 14.6. The molecule has 2 atom stereocenters. The van der Waals surface area contributed by atoms with Crippen LogP contribution in [0.4, 0.5) is 0 Å². The zero-order valence-electron chi connectivity index (χ0n) is 12.3. The number of hydrazine groups is 1. The van der Waals surface area contributed by atoms with Crippen LogP contribution in [0.15, 0.2) is 35.7 Å². The Morgan fingerprint density at radius 1 is 1.43 bits per heavy atom. The molecule has 0 saturated heterocycles. The Balaban J connectivity index is 1.80. The van der Waals surface area contributed by atoms with Gasteiger partial charge in [0.25, 0.3) is 0 Å². The lowest BCUT2D eigenvalue weighted by atomic mass is 9.80. The summed E-state index contributed by atoms with van der Waals surface area (Å²) in [6.45, 7) is 0. The summed E-state index contributed by atoms with van der Waals surface area (Å²) in [7, 11) is 1.70. The molecule has 0 radical (unpaired) electrons. The molecule has 3 N–H and O–H groups in total. The van der Waals surface area contributed by atoms with Crippen LogP contribution in [0.25, 0.3) is 0 Å². The van der Waals surface area contributed by atoms with Crippen molar-refractivity contribution in [3.05, 3.63) is 51.7 Å². The van der Waals surface area contributed by atoms with E-state index in [0.29, 0.717) is 5.92 Å². The Morgan fingerprint density at radius 2 is 2.33 bits per heavy atom. The van der Waals surface area contributed by atoms with Crippen LogP contribution in [0.1, 0.15) is 34.8 Å². The van der Waals surface area contributed by atoms with Gasteiger partial charge in [-0.2, -0.15) is 0 Å². The molecular formula is C17H22N2OS. The fraction of sp³-hybridized carbons (Fsp3) is 0.412. The second kappa shape index (κ2) is 6.60. The van der Waals surface area contributed by atoms with Gasteiger partial charge in [0.1, 0.15) is 5.75 Å². The van der Waals surface area contributed by atoms with E-state index < -0.39 is 0 Å². The van der Waals surface area contributed by atoms with Crippen molar-refractivity contribution < 1.29 is 4.74 Å². The van der Waals surface area contributed by atoms with E-state index >= 15 is 0 Å². The van der Waals surface area contributed by atoms with Gasteiger partial charge in [-0.1, -0.05) is 12.1 Å². The van der Waals surface area contributed by atoms with Gasteiger partial charge in [0.15, 0.2) is 0 Å². The molecule has 112 valence electrons. The van der Waals surface area contributed by atoms with E-state index in [0.717, 1.165) is 12.2 Å². The molecule has 2 unspecified atom stereocenters. The van der Waals surface area contributed by atoms with E-state index in [2.05, 4.69) is 29.0 Å². The van der Waals surface area contributed by atoms with Gasteiger partial charge in [0, 0.05) is 16.8 Å². The predicted molar refractivity (Wildman–Crippen MR) is 87.8 cm³/mol. The van der Waals surface area contributed by atoms with Crippen molar-refractivity contribution >= 4 is 11.3 Å². The summed E-state index contributed by atoms with van der Waals surface area (Å²) < 4.78 is 5.31. The molecule has 1 aliphatic carbocycles. The molecule has 2 aromatic rings. The van der Waals surface area contributed by atoms with E-state index in [9.17, 15) is 0 Å². The Labute approximate surface area is 130 Å². The number of benzene rings is 1. The second-order valence-corrected chi connectivity index (χ2v) is 6.63. The summed E-state index contributed by atoms with van der Waals surface area (Å²) in [6, 6.07) is 10.8. The fourth-order valence-corrected chi connectivity index (χ4v) is 4.31. The van der Waals surface area contributed by atoms with Gasteiger partial charge in [-0.15, -0.1) is 11.3 Å². The van der Waals surface area contributed by atoms with Gasteiger partial charge in [-0.3, -0.25) is 11.3 Å². The molecule has 1 aromatic carbocycles. The van der Waals surface area contributed by atoms with Crippen LogP contribution in [0.3, 0.4) is 0 Å². The third kappa shape index (κ3) is 3.12. The van der Waals surface area contributed by atoms with Crippen molar-refractivity contribution in [1.82, 2.24) is 5.43 Å². The van der Waals surface area contributed by atoms with Crippen LogP contribution < -0.4 is 16.0 Å². The summed E-state index contributed by atoms with van der Waals surface area (Å²) in [4.78, 5) is 1.54. The van der Waals surface area contributed by atoms with Crippen LogP contribution in [0.2, 0.25) is 0 Å². The lowest BCUT2D eigenvalue weighted by Crippen LogP contribution is -2.42. The highest BCUT2D eigenvalue weighted by atomic mass is 32.1. The Hall–Kier alpha value is -1.36. The molecule has 1 aromatic heterocycles. The van der Waals surface area contributed by atoms with Crippen molar-refractivity contribution in [1.29, 1.82) is 0 Å². The van der Waals surface area contributed by atoms with E-state index in [1.807, 2.05) is 23.5 Å². The lowest BCUT2D eigenvalue weighted by molar-refractivity contribution is 0.394. The minimum atomic E-state index is 0.269. The Bertz CT molecular complexity index is 596. The summed E-state index contributed by atoms with van der Waals surface area (Å²) in [5.74, 6) is 7.29. The zero-order chi connectivity index (χ0) is 14.7. The number of nitrogens with one attached hydrogen (secondary N) is 1. The van der Waals surface area contributed by atoms with Gasteiger partial charge in [0.05, 0.1) is 7.11 Å². The third-order valence-corrected chi connectivity index (χ3v) is 5.38. The van der Waals surface area contributed by atoms with Crippen molar-refractivity contribution in [3.63, 3.8) is 0 Å². The number of aryl methyl sites for hydroxylation is 1. The largest absolute Gasteiger partial charge is 0.497 e. The predicted octanol–water partition coefficient (Wildman–Crippen LogP) is 3.25. The van der Waals surface area contributed by atoms with Gasteiger partial charge in [-0.25, -0.2) is 0 Å². The van der Waals surface area contributed by atoms with E-state index in [4.69, 9.17) is 10.6 Å². The topological polar surface area (TPSA) is 47.3 Å². The molecule has 0 fully saturated rings. The molecule has 1 aliphatic rings. The van der Waals surface area contributed by atoms with Gasteiger partial charge >= 0.3 is 0 Å². The normalized spacial score (nSPS) is 19.0. The Kier molecular flexibility index (Phi) is 4.58. The first-order valence-electron chi connectivity index (χ1n) is 7.47. The third-order valence-electron chi connectivity index (χ3n) is 4.39. The smallest absolute Gasteiger partial charge is 0.119 e. The molecule has 4 heteroatoms. The number of hydrogen-bond acceptors (Lipinski definition) is 4. The quantitative estimate of drug-likeness (QED) is 0.658. The first-order chi connectivity index (χ1) is 10.3. The average Bonchev–Trinajstić information content (AvgIpc) is 3.01. The highest BCUT2D eigenvalue weighted by Crippen LogP contribution is 2.37. The molecule has 0 bridgehead atoms. The highest BCUT2D eigenvalue weighted by molar-refractivity contribution is 7.10. The molecule has 0 aliphatic heterocycles. The number of rotatable bonds is 5. The molecule has 0 spiro atoms. The minimum absolute atomic E-state index is 0.269. The number of thiophene rings is 1. The van der Waals surface area contributed by atoms with Gasteiger partial charge in [0.2, 0.25) is 0 Å². The molecule has 3 nitrogen and oxygen atoms in total. The highest BCUT2D eigenvalue weighted by Gasteiger charge is 2.28. The van der Waals surface area contributed by atoms with E-state index in [1.165, 1.54) is 35.3 Å². The average molecular weight is 302 g/mol. The van der Waals surface area contributed by atoms with Crippen LogP contribution in [0.5, 0.6) is 5.75 Å². The lowest BCUT2D eigenvalue weighted by Gasteiger charge is -2.30. The maximum Gasteiger partial charge on any atom is 0.119 e. The Morgan fingerprint density at radius 3 is 3.14 bits per heavy atom. The zero-order valence-corrected chi connectivity index (χ0v) is 13.2. The SMILES string of the molecule is COc1cccc(CC(NN)C2CCCc3sccc32)c1.